The van der Waals surface area contributed by atoms with Crippen molar-refractivity contribution < 1.29 is 8.42 Å². The van der Waals surface area contributed by atoms with Gasteiger partial charge in [-0.05, 0) is 0 Å². The molecule has 164 valence electrons. The summed E-state index contributed by atoms with van der Waals surface area (Å²) in [4.78, 5) is 62.0. The Morgan fingerprint density at radius 1 is 0.677 bits per heavy atom. The van der Waals surface area contributed by atoms with Crippen LogP contribution in [0, 0.1) is 0 Å². The zero-order chi connectivity index (χ0) is 22.8. The largest absolute Gasteiger partial charge is 0.335 e. The fourth-order valence-corrected chi connectivity index (χ4v) is 4.56. The Kier molecular flexibility index (Phi) is 4.39. The van der Waals surface area contributed by atoms with Gasteiger partial charge in [0.15, 0.2) is 21.1 Å². The standard InChI is InChI=1S/C16H18N8O6S/c1-21-11-9(13(25)23(3)15(21)27)17-7(19-11)5-31(29,30)6-8-18-10-12(20-8)22(2)16(28)24(4)14(10)26/h5-6H2,1-4H3,(H,17,19)(H,18,20). The summed E-state index contributed by atoms with van der Waals surface area (Å²) in [6.45, 7) is 0. The molecule has 0 unspecified atom stereocenters. The maximum Gasteiger partial charge on any atom is 0.332 e. The Morgan fingerprint density at radius 2 is 1.03 bits per heavy atom. The highest BCUT2D eigenvalue weighted by molar-refractivity contribution is 7.89. The van der Waals surface area contributed by atoms with E-state index in [-0.39, 0.29) is 34.0 Å². The van der Waals surface area contributed by atoms with Gasteiger partial charge in [0.2, 0.25) is 0 Å². The number of aryl methyl sites for hydroxylation is 2. The van der Waals surface area contributed by atoms with Crippen LogP contribution in [0.1, 0.15) is 11.6 Å². The van der Waals surface area contributed by atoms with Gasteiger partial charge >= 0.3 is 11.4 Å². The molecule has 0 spiro atoms. The third kappa shape index (κ3) is 3.13. The summed E-state index contributed by atoms with van der Waals surface area (Å²) in [5.41, 5.74) is -2.32. The maximum absolute atomic E-state index is 12.7. The van der Waals surface area contributed by atoms with Crippen molar-refractivity contribution in [3.05, 3.63) is 53.3 Å². The fourth-order valence-electron chi connectivity index (χ4n) is 3.35. The molecule has 4 aromatic heterocycles. The molecular formula is C16H18N8O6S. The number of aromatic amines is 2. The van der Waals surface area contributed by atoms with Crippen molar-refractivity contribution in [2.75, 3.05) is 0 Å². The van der Waals surface area contributed by atoms with Gasteiger partial charge in [0.05, 0.1) is 0 Å². The van der Waals surface area contributed by atoms with Crippen LogP contribution in [-0.4, -0.2) is 46.6 Å². The lowest BCUT2D eigenvalue weighted by molar-refractivity contribution is 0.592. The Labute approximate surface area is 172 Å². The molecule has 15 heteroatoms. The van der Waals surface area contributed by atoms with Crippen molar-refractivity contribution in [2.24, 2.45) is 28.2 Å². The molecule has 4 heterocycles. The Balaban J connectivity index is 1.73. The van der Waals surface area contributed by atoms with Crippen molar-refractivity contribution in [1.29, 1.82) is 0 Å². The molecule has 0 aliphatic carbocycles. The van der Waals surface area contributed by atoms with Crippen LogP contribution in [0.25, 0.3) is 22.3 Å². The van der Waals surface area contributed by atoms with Gasteiger partial charge in [0.1, 0.15) is 34.2 Å². The first-order valence-corrected chi connectivity index (χ1v) is 10.7. The molecule has 0 radical (unpaired) electrons. The summed E-state index contributed by atoms with van der Waals surface area (Å²) in [6.07, 6.45) is 0. The van der Waals surface area contributed by atoms with E-state index in [4.69, 9.17) is 0 Å². The zero-order valence-electron chi connectivity index (χ0n) is 17.0. The van der Waals surface area contributed by atoms with Gasteiger partial charge in [-0.1, -0.05) is 0 Å². The average Bonchev–Trinajstić information content (AvgIpc) is 3.31. The number of nitrogens with zero attached hydrogens (tertiary/aromatic N) is 6. The first-order valence-electron chi connectivity index (χ1n) is 8.91. The number of hydrogen-bond acceptors (Lipinski definition) is 8. The molecule has 0 bridgehead atoms. The van der Waals surface area contributed by atoms with Crippen LogP contribution in [-0.2, 0) is 49.5 Å². The smallest absolute Gasteiger partial charge is 0.332 e. The van der Waals surface area contributed by atoms with Gasteiger partial charge in [-0.3, -0.25) is 27.9 Å². The quantitative estimate of drug-likeness (QED) is 0.338. The summed E-state index contributed by atoms with van der Waals surface area (Å²) in [5.74, 6) is -1.17. The first kappa shape index (κ1) is 20.5. The molecule has 2 N–H and O–H groups in total. The fraction of sp³-hybridized carbons (Fsp3) is 0.375. The van der Waals surface area contributed by atoms with Gasteiger partial charge in [-0.15, -0.1) is 0 Å². The van der Waals surface area contributed by atoms with E-state index in [1.807, 2.05) is 0 Å². The number of sulfone groups is 1. The number of fused-ring (bicyclic) bond motifs is 2. The molecule has 4 rings (SSSR count). The number of hydrogen-bond donors (Lipinski definition) is 2. The lowest BCUT2D eigenvalue weighted by Crippen LogP contribution is -2.36. The molecule has 0 amide bonds. The summed E-state index contributed by atoms with van der Waals surface area (Å²) >= 11 is 0. The van der Waals surface area contributed by atoms with Crippen LogP contribution in [0.5, 0.6) is 0 Å². The average molecular weight is 450 g/mol. The maximum atomic E-state index is 12.7. The Bertz CT molecular complexity index is 1600. The summed E-state index contributed by atoms with van der Waals surface area (Å²) in [7, 11) is 1.60. The molecule has 0 saturated carbocycles. The van der Waals surface area contributed by atoms with Crippen LogP contribution in [0.3, 0.4) is 0 Å². The third-order valence-corrected chi connectivity index (χ3v) is 6.43. The van der Waals surface area contributed by atoms with E-state index in [0.29, 0.717) is 0 Å². The first-order chi connectivity index (χ1) is 14.4. The number of H-pyrrole nitrogens is 2. The van der Waals surface area contributed by atoms with Crippen molar-refractivity contribution in [3.63, 3.8) is 0 Å². The number of imidazole rings is 2. The van der Waals surface area contributed by atoms with Gasteiger partial charge in [0, 0.05) is 28.2 Å². The second-order valence-corrected chi connectivity index (χ2v) is 9.27. The molecule has 0 saturated heterocycles. The van der Waals surface area contributed by atoms with Gasteiger partial charge in [0.25, 0.3) is 11.1 Å². The Morgan fingerprint density at radius 3 is 1.39 bits per heavy atom. The Hall–Kier alpha value is -3.75. The number of aromatic nitrogens is 8. The highest BCUT2D eigenvalue weighted by Gasteiger charge is 2.22. The second-order valence-electron chi connectivity index (χ2n) is 7.21. The molecule has 0 aliphatic heterocycles. The van der Waals surface area contributed by atoms with Crippen LogP contribution in [0.2, 0.25) is 0 Å². The van der Waals surface area contributed by atoms with Gasteiger partial charge < -0.3 is 9.97 Å². The minimum atomic E-state index is -3.85. The number of nitrogens with one attached hydrogen (secondary N) is 2. The molecule has 14 nitrogen and oxygen atoms in total. The molecule has 0 aromatic carbocycles. The molecule has 0 aliphatic rings. The van der Waals surface area contributed by atoms with Crippen LogP contribution >= 0.6 is 0 Å². The lowest BCUT2D eigenvalue weighted by atomic mass is 10.5. The summed E-state index contributed by atoms with van der Waals surface area (Å²) < 4.78 is 29.5. The zero-order valence-corrected chi connectivity index (χ0v) is 17.8. The highest BCUT2D eigenvalue weighted by Crippen LogP contribution is 2.13. The number of rotatable bonds is 4. The van der Waals surface area contributed by atoms with E-state index < -0.39 is 43.8 Å². The van der Waals surface area contributed by atoms with E-state index in [2.05, 4.69) is 19.9 Å². The lowest BCUT2D eigenvalue weighted by Gasteiger charge is -2.00. The summed E-state index contributed by atoms with van der Waals surface area (Å²) in [5, 5.41) is 0. The minimum absolute atomic E-state index is 0.0111. The van der Waals surface area contributed by atoms with Crippen LogP contribution in [0.15, 0.2) is 19.2 Å². The molecule has 0 fully saturated rings. The normalized spacial score (nSPS) is 12.3. The van der Waals surface area contributed by atoms with Crippen LogP contribution in [0.4, 0.5) is 0 Å². The van der Waals surface area contributed by atoms with E-state index in [0.717, 1.165) is 18.3 Å². The summed E-state index contributed by atoms with van der Waals surface area (Å²) in [6, 6.07) is 0. The highest BCUT2D eigenvalue weighted by atomic mass is 32.2. The van der Waals surface area contributed by atoms with Gasteiger partial charge in [-0.2, -0.15) is 0 Å². The predicted octanol–water partition coefficient (Wildman–Crippen LogP) is -2.65. The van der Waals surface area contributed by atoms with Crippen molar-refractivity contribution in [1.82, 2.24) is 38.2 Å². The van der Waals surface area contributed by atoms with Crippen molar-refractivity contribution >= 4 is 32.2 Å². The van der Waals surface area contributed by atoms with E-state index in [9.17, 15) is 27.6 Å². The molecule has 31 heavy (non-hydrogen) atoms. The van der Waals surface area contributed by atoms with Gasteiger partial charge in [-0.25, -0.2) is 28.0 Å². The van der Waals surface area contributed by atoms with E-state index >= 15 is 0 Å². The topological polar surface area (TPSA) is 180 Å². The minimum Gasteiger partial charge on any atom is -0.335 e. The molecular weight excluding hydrogens is 432 g/mol. The van der Waals surface area contributed by atoms with Crippen LogP contribution < -0.4 is 22.5 Å². The SMILES string of the molecule is Cn1c(=O)c2[nH]c(CS(=O)(=O)Cc3nc4c([nH]3)c(=O)n(C)c(=O)n4C)nc2n(C)c1=O. The van der Waals surface area contributed by atoms with E-state index in [1.165, 1.54) is 28.2 Å². The second kappa shape index (κ2) is 6.63. The molecule has 0 atom stereocenters. The van der Waals surface area contributed by atoms with Crippen molar-refractivity contribution in [3.8, 4) is 0 Å². The van der Waals surface area contributed by atoms with Crippen molar-refractivity contribution in [2.45, 2.75) is 11.5 Å². The van der Waals surface area contributed by atoms with E-state index in [1.54, 1.807) is 0 Å². The third-order valence-electron chi connectivity index (χ3n) is 5.00. The monoisotopic (exact) mass is 450 g/mol. The predicted molar refractivity (Wildman–Crippen MR) is 109 cm³/mol. The molecule has 4 aromatic rings.